The van der Waals surface area contributed by atoms with Gasteiger partial charge in [-0.3, -0.25) is 0 Å². The molecule has 2 atom stereocenters. The second-order valence-electron chi connectivity index (χ2n) is 5.15. The van der Waals surface area contributed by atoms with Gasteiger partial charge < -0.3 is 4.74 Å². The van der Waals surface area contributed by atoms with Gasteiger partial charge in [-0.25, -0.2) is 9.78 Å². The molecule has 1 aromatic heterocycles. The van der Waals surface area contributed by atoms with Gasteiger partial charge in [-0.1, -0.05) is 19.8 Å². The van der Waals surface area contributed by atoms with Crippen molar-refractivity contribution in [2.75, 3.05) is 6.61 Å². The Hall–Kier alpha value is -0.900. The van der Waals surface area contributed by atoms with Gasteiger partial charge in [0.25, 0.3) is 0 Å². The molecule has 18 heavy (non-hydrogen) atoms. The summed E-state index contributed by atoms with van der Waals surface area (Å²) in [7, 11) is 0. The molecule has 0 spiro atoms. The molecule has 1 aromatic rings. The van der Waals surface area contributed by atoms with Gasteiger partial charge in [-0.15, -0.1) is 11.3 Å². The molecule has 2 rings (SSSR count). The molecule has 0 N–H and O–H groups in total. The van der Waals surface area contributed by atoms with E-state index in [0.717, 1.165) is 15.8 Å². The van der Waals surface area contributed by atoms with Crippen LogP contribution in [0.15, 0.2) is 0 Å². The van der Waals surface area contributed by atoms with Gasteiger partial charge in [0, 0.05) is 10.8 Å². The van der Waals surface area contributed by atoms with E-state index >= 15 is 0 Å². The summed E-state index contributed by atoms with van der Waals surface area (Å²) in [6.07, 6.45) is 5.01. The lowest BCUT2D eigenvalue weighted by Gasteiger charge is -2.24. The standard InChI is InChI=1S/C14H21NO2S/c1-4-17-14(16)12-10(3)18-13(15-12)11-7-5-6-9(2)8-11/h9,11H,4-8H2,1-3H3. The number of carbonyl (C=O) groups excluding carboxylic acids is 1. The number of hydrogen-bond acceptors (Lipinski definition) is 4. The first-order chi connectivity index (χ1) is 8.61. The Bertz CT molecular complexity index is 427. The van der Waals surface area contributed by atoms with E-state index in [0.29, 0.717) is 18.2 Å². The summed E-state index contributed by atoms with van der Waals surface area (Å²) in [5.74, 6) is 1.04. The van der Waals surface area contributed by atoms with Gasteiger partial charge >= 0.3 is 5.97 Å². The van der Waals surface area contributed by atoms with Crippen molar-refractivity contribution in [3.8, 4) is 0 Å². The topological polar surface area (TPSA) is 39.2 Å². The van der Waals surface area contributed by atoms with Crippen LogP contribution in [0.4, 0.5) is 0 Å². The first-order valence-electron chi connectivity index (χ1n) is 6.76. The predicted molar refractivity (Wildman–Crippen MR) is 73.2 cm³/mol. The van der Waals surface area contributed by atoms with Crippen LogP contribution >= 0.6 is 11.3 Å². The number of nitrogens with zero attached hydrogens (tertiary/aromatic N) is 1. The van der Waals surface area contributed by atoms with E-state index in [9.17, 15) is 4.79 Å². The second kappa shape index (κ2) is 5.83. The van der Waals surface area contributed by atoms with Crippen molar-refractivity contribution in [3.05, 3.63) is 15.6 Å². The van der Waals surface area contributed by atoms with Crippen LogP contribution in [0.2, 0.25) is 0 Å². The van der Waals surface area contributed by atoms with Gasteiger partial charge in [0.1, 0.15) is 0 Å². The molecular formula is C14H21NO2S. The van der Waals surface area contributed by atoms with Crippen LogP contribution in [0.1, 0.15) is 65.8 Å². The summed E-state index contributed by atoms with van der Waals surface area (Å²) in [5, 5.41) is 1.13. The van der Waals surface area contributed by atoms with Crippen LogP contribution in [0.5, 0.6) is 0 Å². The highest BCUT2D eigenvalue weighted by Crippen LogP contribution is 2.38. The zero-order chi connectivity index (χ0) is 13.1. The molecular weight excluding hydrogens is 246 g/mol. The van der Waals surface area contributed by atoms with Crippen LogP contribution in [0.25, 0.3) is 0 Å². The monoisotopic (exact) mass is 267 g/mol. The van der Waals surface area contributed by atoms with Crippen molar-refractivity contribution in [1.82, 2.24) is 4.98 Å². The smallest absolute Gasteiger partial charge is 0.358 e. The molecule has 0 bridgehead atoms. The number of aryl methyl sites for hydroxylation is 1. The number of thiazole rings is 1. The molecule has 0 amide bonds. The fourth-order valence-corrected chi connectivity index (χ4v) is 3.70. The number of hydrogen-bond donors (Lipinski definition) is 0. The Morgan fingerprint density at radius 1 is 1.50 bits per heavy atom. The third-order valence-electron chi connectivity index (χ3n) is 3.57. The van der Waals surface area contributed by atoms with Crippen molar-refractivity contribution in [3.63, 3.8) is 0 Å². The molecule has 1 heterocycles. The quantitative estimate of drug-likeness (QED) is 0.779. The summed E-state index contributed by atoms with van der Waals surface area (Å²) in [5.41, 5.74) is 0.523. The van der Waals surface area contributed by atoms with E-state index in [1.807, 2.05) is 13.8 Å². The van der Waals surface area contributed by atoms with Gasteiger partial charge in [0.05, 0.1) is 11.6 Å². The minimum atomic E-state index is -0.277. The molecule has 0 radical (unpaired) electrons. The van der Waals surface area contributed by atoms with E-state index in [1.54, 1.807) is 11.3 Å². The SMILES string of the molecule is CCOC(=O)c1nc(C2CCCC(C)C2)sc1C. The lowest BCUT2D eigenvalue weighted by atomic mass is 9.83. The molecule has 2 unspecified atom stereocenters. The van der Waals surface area contributed by atoms with E-state index in [-0.39, 0.29) is 5.97 Å². The number of esters is 1. The summed E-state index contributed by atoms with van der Waals surface area (Å²) in [4.78, 5) is 17.3. The molecule has 0 saturated heterocycles. The lowest BCUT2D eigenvalue weighted by Crippen LogP contribution is -2.12. The van der Waals surface area contributed by atoms with Crippen molar-refractivity contribution < 1.29 is 9.53 Å². The third-order valence-corrected chi connectivity index (χ3v) is 4.70. The number of aromatic nitrogens is 1. The molecule has 100 valence electrons. The minimum Gasteiger partial charge on any atom is -0.461 e. The van der Waals surface area contributed by atoms with E-state index in [1.165, 1.54) is 25.7 Å². The fraction of sp³-hybridized carbons (Fsp3) is 0.714. The second-order valence-corrected chi connectivity index (χ2v) is 6.38. The van der Waals surface area contributed by atoms with Gasteiger partial charge in [-0.2, -0.15) is 0 Å². The molecule has 4 heteroatoms. The van der Waals surface area contributed by atoms with Gasteiger partial charge in [-0.05, 0) is 32.6 Å². The molecule has 0 aliphatic heterocycles. The normalized spacial score (nSPS) is 23.9. The van der Waals surface area contributed by atoms with Crippen LogP contribution in [0.3, 0.4) is 0 Å². The van der Waals surface area contributed by atoms with Gasteiger partial charge in [0.2, 0.25) is 0 Å². The zero-order valence-electron chi connectivity index (χ0n) is 11.4. The van der Waals surface area contributed by atoms with Crippen LogP contribution in [-0.4, -0.2) is 17.6 Å². The Morgan fingerprint density at radius 2 is 2.28 bits per heavy atom. The van der Waals surface area contributed by atoms with Gasteiger partial charge in [0.15, 0.2) is 5.69 Å². The summed E-state index contributed by atoms with van der Waals surface area (Å²) < 4.78 is 5.04. The number of rotatable bonds is 3. The minimum absolute atomic E-state index is 0.277. The number of carbonyl (C=O) groups is 1. The average Bonchev–Trinajstić information content (AvgIpc) is 2.72. The summed E-state index contributed by atoms with van der Waals surface area (Å²) >= 11 is 1.67. The van der Waals surface area contributed by atoms with Crippen molar-refractivity contribution >= 4 is 17.3 Å². The number of ether oxygens (including phenoxy) is 1. The van der Waals surface area contributed by atoms with Crippen molar-refractivity contribution in [2.24, 2.45) is 5.92 Å². The summed E-state index contributed by atoms with van der Waals surface area (Å²) in [6.45, 7) is 6.49. The van der Waals surface area contributed by atoms with Crippen LogP contribution < -0.4 is 0 Å². The molecule has 3 nitrogen and oxygen atoms in total. The van der Waals surface area contributed by atoms with Crippen LogP contribution in [0, 0.1) is 12.8 Å². The maximum atomic E-state index is 11.7. The molecule has 1 aliphatic rings. The average molecular weight is 267 g/mol. The zero-order valence-corrected chi connectivity index (χ0v) is 12.2. The highest BCUT2D eigenvalue weighted by atomic mass is 32.1. The molecule has 1 aliphatic carbocycles. The Morgan fingerprint density at radius 3 is 2.94 bits per heavy atom. The fourth-order valence-electron chi connectivity index (χ4n) is 2.64. The van der Waals surface area contributed by atoms with E-state index in [2.05, 4.69) is 11.9 Å². The Labute approximate surface area is 113 Å². The third kappa shape index (κ3) is 2.91. The molecule has 1 fully saturated rings. The molecule has 0 aromatic carbocycles. The lowest BCUT2D eigenvalue weighted by molar-refractivity contribution is 0.0519. The Kier molecular flexibility index (Phi) is 4.38. The van der Waals surface area contributed by atoms with Crippen LogP contribution in [-0.2, 0) is 4.74 Å². The van der Waals surface area contributed by atoms with Crippen molar-refractivity contribution in [1.29, 1.82) is 0 Å². The predicted octanol–water partition coefficient (Wildman–Crippen LogP) is 3.92. The molecule has 1 saturated carbocycles. The largest absolute Gasteiger partial charge is 0.461 e. The Balaban J connectivity index is 2.15. The van der Waals surface area contributed by atoms with E-state index < -0.39 is 0 Å². The maximum Gasteiger partial charge on any atom is 0.358 e. The van der Waals surface area contributed by atoms with E-state index in [4.69, 9.17) is 4.74 Å². The first kappa shape index (κ1) is 13.5. The highest BCUT2D eigenvalue weighted by Gasteiger charge is 2.25. The summed E-state index contributed by atoms with van der Waals surface area (Å²) in [6, 6.07) is 0. The van der Waals surface area contributed by atoms with Crippen molar-refractivity contribution in [2.45, 2.75) is 52.4 Å². The highest BCUT2D eigenvalue weighted by molar-refractivity contribution is 7.12. The first-order valence-corrected chi connectivity index (χ1v) is 7.58. The maximum absolute atomic E-state index is 11.7.